The predicted octanol–water partition coefficient (Wildman–Crippen LogP) is 2.16. The molecule has 23 heavy (non-hydrogen) atoms. The van der Waals surface area contributed by atoms with Gasteiger partial charge in [0.15, 0.2) is 9.84 Å². The van der Waals surface area contributed by atoms with E-state index in [2.05, 4.69) is 5.32 Å². The van der Waals surface area contributed by atoms with Gasteiger partial charge in [-0.3, -0.25) is 4.79 Å². The van der Waals surface area contributed by atoms with Crippen molar-refractivity contribution in [1.29, 1.82) is 0 Å². The highest BCUT2D eigenvalue weighted by atomic mass is 32.2. The molecule has 0 aromatic heterocycles. The minimum Gasteiger partial charge on any atom is -0.488 e. The monoisotopic (exact) mass is 349 g/mol. The quantitative estimate of drug-likeness (QED) is 0.741. The van der Waals surface area contributed by atoms with Gasteiger partial charge >= 0.3 is 0 Å². The van der Waals surface area contributed by atoms with Crippen LogP contribution in [0, 0.1) is 0 Å². The molecule has 1 amide bonds. The van der Waals surface area contributed by atoms with Gasteiger partial charge in [-0.05, 0) is 31.0 Å². The average molecular weight is 349 g/mol. The molecule has 1 aromatic rings. The van der Waals surface area contributed by atoms with E-state index in [0.717, 1.165) is 0 Å². The van der Waals surface area contributed by atoms with E-state index in [9.17, 15) is 22.0 Å². The number of ether oxygens (including phenoxy) is 1. The smallest absolute Gasteiger partial charge is 0.272 e. The summed E-state index contributed by atoms with van der Waals surface area (Å²) < 4.78 is 52.8. The molecule has 0 saturated carbocycles. The molecular formula is C15H21F2NO4S. The summed E-state index contributed by atoms with van der Waals surface area (Å²) in [4.78, 5) is 11.9. The highest BCUT2D eigenvalue weighted by molar-refractivity contribution is 7.92. The molecule has 5 nitrogen and oxygen atoms in total. The Morgan fingerprint density at radius 3 is 2.65 bits per heavy atom. The standard InChI is InChI=1S/C15H21F2NO4S/c1-3-7-23(20,21)11(2)15(19)18-9-12-5-4-6-13(8-12)22-10-14(16)17/h4-6,8,11,14H,3,7,9-10H2,1-2H3,(H,18,19). The first kappa shape index (κ1) is 19.3. The van der Waals surface area contributed by atoms with E-state index in [0.29, 0.717) is 12.0 Å². The second-order valence-electron chi connectivity index (χ2n) is 5.08. The molecule has 0 saturated heterocycles. The lowest BCUT2D eigenvalue weighted by Gasteiger charge is -2.13. The summed E-state index contributed by atoms with van der Waals surface area (Å²) in [6.45, 7) is 2.47. The topological polar surface area (TPSA) is 72.5 Å². The molecule has 1 unspecified atom stereocenters. The van der Waals surface area contributed by atoms with Crippen LogP contribution in [0.25, 0.3) is 0 Å². The van der Waals surface area contributed by atoms with Crippen LogP contribution < -0.4 is 10.1 Å². The van der Waals surface area contributed by atoms with Crippen LogP contribution in [0.4, 0.5) is 8.78 Å². The van der Waals surface area contributed by atoms with E-state index >= 15 is 0 Å². The van der Waals surface area contributed by atoms with E-state index in [-0.39, 0.29) is 18.0 Å². The van der Waals surface area contributed by atoms with Gasteiger partial charge in [0.1, 0.15) is 17.6 Å². The van der Waals surface area contributed by atoms with Gasteiger partial charge in [-0.15, -0.1) is 0 Å². The summed E-state index contributed by atoms with van der Waals surface area (Å²) >= 11 is 0. The lowest BCUT2D eigenvalue weighted by molar-refractivity contribution is -0.120. The van der Waals surface area contributed by atoms with Crippen LogP contribution in [-0.2, 0) is 21.2 Å². The van der Waals surface area contributed by atoms with E-state index in [1.165, 1.54) is 19.1 Å². The maximum atomic E-state index is 12.1. The number of nitrogens with one attached hydrogen (secondary N) is 1. The van der Waals surface area contributed by atoms with Crippen LogP contribution in [-0.4, -0.2) is 38.4 Å². The Balaban J connectivity index is 2.61. The minimum atomic E-state index is -3.46. The second kappa shape index (κ2) is 8.81. The summed E-state index contributed by atoms with van der Waals surface area (Å²) in [6, 6.07) is 6.34. The SMILES string of the molecule is CCCS(=O)(=O)C(C)C(=O)NCc1cccc(OCC(F)F)c1. The summed E-state index contributed by atoms with van der Waals surface area (Å²) in [5.41, 5.74) is 0.630. The largest absolute Gasteiger partial charge is 0.488 e. The second-order valence-corrected chi connectivity index (χ2v) is 7.52. The van der Waals surface area contributed by atoms with Gasteiger partial charge < -0.3 is 10.1 Å². The average Bonchev–Trinajstić information content (AvgIpc) is 2.50. The Morgan fingerprint density at radius 2 is 2.04 bits per heavy atom. The van der Waals surface area contributed by atoms with Crippen LogP contribution in [0.3, 0.4) is 0 Å². The Kier molecular flexibility index (Phi) is 7.41. The van der Waals surface area contributed by atoms with Crippen molar-refractivity contribution in [1.82, 2.24) is 5.32 Å². The molecule has 0 aliphatic rings. The van der Waals surface area contributed by atoms with Crippen molar-refractivity contribution < 1.29 is 26.7 Å². The predicted molar refractivity (Wildman–Crippen MR) is 83.3 cm³/mol. The first-order valence-electron chi connectivity index (χ1n) is 7.25. The Morgan fingerprint density at radius 1 is 1.35 bits per heavy atom. The van der Waals surface area contributed by atoms with E-state index in [4.69, 9.17) is 4.74 Å². The van der Waals surface area contributed by atoms with Crippen LogP contribution >= 0.6 is 0 Å². The van der Waals surface area contributed by atoms with Crippen molar-refractivity contribution in [2.24, 2.45) is 0 Å². The first-order valence-corrected chi connectivity index (χ1v) is 8.97. The normalized spacial score (nSPS) is 12.9. The van der Waals surface area contributed by atoms with Gasteiger partial charge in [0.2, 0.25) is 5.91 Å². The summed E-state index contributed by atoms with van der Waals surface area (Å²) in [7, 11) is -3.46. The molecule has 130 valence electrons. The molecule has 0 aliphatic heterocycles. The van der Waals surface area contributed by atoms with Crippen LogP contribution in [0.15, 0.2) is 24.3 Å². The fourth-order valence-electron chi connectivity index (χ4n) is 1.86. The fourth-order valence-corrected chi connectivity index (χ4v) is 3.19. The van der Waals surface area contributed by atoms with Crippen molar-refractivity contribution in [2.45, 2.75) is 38.5 Å². The van der Waals surface area contributed by atoms with Gasteiger partial charge in [0, 0.05) is 6.54 Å². The molecule has 0 radical (unpaired) electrons. The highest BCUT2D eigenvalue weighted by Crippen LogP contribution is 2.14. The fraction of sp³-hybridized carbons (Fsp3) is 0.533. The number of hydrogen-bond donors (Lipinski definition) is 1. The summed E-state index contributed by atoms with van der Waals surface area (Å²) in [6.07, 6.45) is -2.12. The molecule has 0 aliphatic carbocycles. The van der Waals surface area contributed by atoms with Gasteiger partial charge in [-0.1, -0.05) is 19.1 Å². The number of sulfone groups is 1. The van der Waals surface area contributed by atoms with Crippen LogP contribution in [0.2, 0.25) is 0 Å². The molecule has 1 rings (SSSR count). The number of hydrogen-bond acceptors (Lipinski definition) is 4. The van der Waals surface area contributed by atoms with Gasteiger partial charge in [0.05, 0.1) is 5.75 Å². The molecule has 1 aromatic carbocycles. The molecule has 8 heteroatoms. The lowest BCUT2D eigenvalue weighted by atomic mass is 10.2. The van der Waals surface area contributed by atoms with Crippen LogP contribution in [0.1, 0.15) is 25.8 Å². The third-order valence-corrected chi connectivity index (χ3v) is 5.41. The number of benzene rings is 1. The van der Waals surface area contributed by atoms with Crippen molar-refractivity contribution in [3.63, 3.8) is 0 Å². The van der Waals surface area contributed by atoms with E-state index < -0.39 is 34.0 Å². The number of alkyl halides is 2. The maximum absolute atomic E-state index is 12.1. The van der Waals surface area contributed by atoms with E-state index in [1.807, 2.05) is 0 Å². The molecule has 0 fully saturated rings. The number of halogens is 2. The number of rotatable bonds is 9. The Hall–Kier alpha value is -1.70. The van der Waals surface area contributed by atoms with E-state index in [1.54, 1.807) is 19.1 Å². The molecular weight excluding hydrogens is 328 g/mol. The summed E-state index contributed by atoms with van der Waals surface area (Å²) in [5, 5.41) is 1.41. The molecule has 1 atom stereocenters. The Labute approximate surface area is 134 Å². The molecule has 1 N–H and O–H groups in total. The van der Waals surface area contributed by atoms with Gasteiger partial charge in [-0.25, -0.2) is 17.2 Å². The zero-order valence-corrected chi connectivity index (χ0v) is 13.9. The van der Waals surface area contributed by atoms with Crippen molar-refractivity contribution in [2.75, 3.05) is 12.4 Å². The number of carbonyl (C=O) groups is 1. The van der Waals surface area contributed by atoms with Gasteiger partial charge in [0.25, 0.3) is 6.43 Å². The van der Waals surface area contributed by atoms with Gasteiger partial charge in [-0.2, -0.15) is 0 Å². The van der Waals surface area contributed by atoms with Crippen molar-refractivity contribution in [3.8, 4) is 5.75 Å². The zero-order chi connectivity index (χ0) is 17.5. The summed E-state index contributed by atoms with van der Waals surface area (Å²) in [5.74, 6) is -0.362. The molecule has 0 spiro atoms. The molecule has 0 heterocycles. The molecule has 0 bridgehead atoms. The van der Waals surface area contributed by atoms with Crippen molar-refractivity contribution in [3.05, 3.63) is 29.8 Å². The number of amides is 1. The third-order valence-electron chi connectivity index (χ3n) is 3.14. The van der Waals surface area contributed by atoms with Crippen LogP contribution in [0.5, 0.6) is 5.75 Å². The Bertz CT molecular complexity index is 620. The maximum Gasteiger partial charge on any atom is 0.272 e. The number of carbonyl (C=O) groups excluding carboxylic acids is 1. The highest BCUT2D eigenvalue weighted by Gasteiger charge is 2.26. The minimum absolute atomic E-state index is 0.0431. The first-order chi connectivity index (χ1) is 10.8. The third kappa shape index (κ3) is 6.52. The lowest BCUT2D eigenvalue weighted by Crippen LogP contribution is -2.38. The zero-order valence-electron chi connectivity index (χ0n) is 13.1. The van der Waals surface area contributed by atoms with Crippen molar-refractivity contribution >= 4 is 15.7 Å².